The molecule has 0 N–H and O–H groups in total. The fraction of sp³-hybridized carbons (Fsp3) is 0.423. The molecule has 5 atom stereocenters. The quantitative estimate of drug-likeness (QED) is 0.576. The number of nitrogens with zero attached hydrogens (tertiary/aromatic N) is 3. The maximum atomic E-state index is 13.1. The molecule has 8 heteroatoms. The predicted octanol–water partition coefficient (Wildman–Crippen LogP) is 3.49. The van der Waals surface area contributed by atoms with Gasteiger partial charge < -0.3 is 9.47 Å². The molecular formula is C26H26BrN3O4. The zero-order valence-electron chi connectivity index (χ0n) is 19.1. The Morgan fingerprint density at radius 1 is 1.03 bits per heavy atom. The fourth-order valence-electron chi connectivity index (χ4n) is 5.85. The van der Waals surface area contributed by atoms with Gasteiger partial charge in [0.25, 0.3) is 11.8 Å². The van der Waals surface area contributed by atoms with Gasteiger partial charge in [0.2, 0.25) is 0 Å². The van der Waals surface area contributed by atoms with Gasteiger partial charge in [0.15, 0.2) is 5.79 Å². The molecule has 7 nitrogen and oxygen atoms in total. The zero-order chi connectivity index (χ0) is 23.6. The third kappa shape index (κ3) is 3.55. The minimum Gasteiger partial charge on any atom is -0.343 e. The van der Waals surface area contributed by atoms with Gasteiger partial charge in [-0.1, -0.05) is 40.2 Å². The van der Waals surface area contributed by atoms with Crippen molar-refractivity contribution >= 4 is 34.0 Å². The van der Waals surface area contributed by atoms with Crippen LogP contribution in [0.4, 0.5) is 0 Å². The third-order valence-electron chi connectivity index (χ3n) is 7.34. The first-order chi connectivity index (χ1) is 16.3. The van der Waals surface area contributed by atoms with Crippen molar-refractivity contribution in [3.05, 3.63) is 69.7 Å². The van der Waals surface area contributed by atoms with E-state index in [0.717, 1.165) is 4.47 Å². The summed E-state index contributed by atoms with van der Waals surface area (Å²) in [6.07, 6.45) is 1.52. The Labute approximate surface area is 206 Å². The van der Waals surface area contributed by atoms with Crippen LogP contribution in [0.2, 0.25) is 0 Å². The number of halogens is 1. The summed E-state index contributed by atoms with van der Waals surface area (Å²) in [5.74, 6) is -0.970. The van der Waals surface area contributed by atoms with E-state index in [2.05, 4.69) is 33.0 Å². The highest BCUT2D eigenvalue weighted by atomic mass is 79.9. The van der Waals surface area contributed by atoms with Crippen LogP contribution < -0.4 is 0 Å². The first kappa shape index (κ1) is 22.1. The van der Waals surface area contributed by atoms with Crippen LogP contribution in [0, 0.1) is 0 Å². The number of benzene rings is 2. The van der Waals surface area contributed by atoms with Gasteiger partial charge in [0.05, 0.1) is 17.7 Å². The second kappa shape index (κ2) is 8.09. The maximum absolute atomic E-state index is 13.1. The van der Waals surface area contributed by atoms with Crippen LogP contribution in [0.25, 0.3) is 0 Å². The van der Waals surface area contributed by atoms with E-state index in [1.807, 2.05) is 32.2 Å². The largest absolute Gasteiger partial charge is 0.343 e. The van der Waals surface area contributed by atoms with Crippen LogP contribution in [0.1, 0.15) is 46.0 Å². The number of hydrogen-bond donors (Lipinski definition) is 0. The molecule has 2 fully saturated rings. The van der Waals surface area contributed by atoms with Gasteiger partial charge in [-0.15, -0.1) is 0 Å². The van der Waals surface area contributed by atoms with Gasteiger partial charge in [0.1, 0.15) is 12.2 Å². The van der Waals surface area contributed by atoms with Crippen molar-refractivity contribution in [2.45, 2.75) is 49.8 Å². The summed E-state index contributed by atoms with van der Waals surface area (Å²) in [6, 6.07) is 15.5. The van der Waals surface area contributed by atoms with Crippen molar-refractivity contribution in [2.24, 2.45) is 4.99 Å². The molecule has 34 heavy (non-hydrogen) atoms. The number of carbonyl (C=O) groups excluding carboxylic acids is 2. The van der Waals surface area contributed by atoms with Crippen LogP contribution in [0.15, 0.2) is 58.0 Å². The molecule has 2 aromatic rings. The summed E-state index contributed by atoms with van der Waals surface area (Å²) < 4.78 is 13.3. The number of imide groups is 1. The molecule has 0 radical (unpaired) electrons. The first-order valence-electron chi connectivity index (χ1n) is 11.6. The minimum absolute atomic E-state index is 0.0327. The molecule has 4 aliphatic heterocycles. The van der Waals surface area contributed by atoms with Gasteiger partial charge in [-0.3, -0.25) is 24.4 Å². The Bertz CT molecular complexity index is 1150. The van der Waals surface area contributed by atoms with Crippen molar-refractivity contribution in [1.29, 1.82) is 0 Å². The second-order valence-electron chi connectivity index (χ2n) is 9.83. The van der Waals surface area contributed by atoms with Crippen LogP contribution >= 0.6 is 15.9 Å². The van der Waals surface area contributed by atoms with Gasteiger partial charge >= 0.3 is 0 Å². The van der Waals surface area contributed by atoms with Crippen LogP contribution in [-0.2, 0) is 9.47 Å². The number of aliphatic imine (C=N–C) groups is 1. The maximum Gasteiger partial charge on any atom is 0.261 e. The standard InChI is InChI=1S/C26H26BrN3O4/c1-26(2)33-21-12-28-11-19-23(15-7-9-16(27)10-8-15)20(29(19)14-22(21)34-26)13-30-24(31)17-5-3-4-6-18(17)25(30)32/h3-10,12,19-23H,11,13-14H2,1-2H3/t19-,20+,21+,22-,23+/m0/s1. The first-order valence-corrected chi connectivity index (χ1v) is 12.4. The normalized spacial score (nSPS) is 32.0. The molecule has 0 saturated carbocycles. The van der Waals surface area contributed by atoms with Crippen molar-refractivity contribution in [3.8, 4) is 0 Å². The van der Waals surface area contributed by atoms with Crippen LogP contribution in [0.5, 0.6) is 0 Å². The number of ether oxygens (including phenoxy) is 2. The van der Waals surface area contributed by atoms with E-state index in [-0.39, 0.29) is 42.0 Å². The van der Waals surface area contributed by atoms with Crippen molar-refractivity contribution in [1.82, 2.24) is 9.80 Å². The van der Waals surface area contributed by atoms with E-state index in [0.29, 0.717) is 30.8 Å². The summed E-state index contributed by atoms with van der Waals surface area (Å²) in [5.41, 5.74) is 2.15. The van der Waals surface area contributed by atoms with E-state index in [9.17, 15) is 9.59 Å². The fourth-order valence-corrected chi connectivity index (χ4v) is 6.12. The molecule has 0 bridgehead atoms. The predicted molar refractivity (Wildman–Crippen MR) is 130 cm³/mol. The van der Waals surface area contributed by atoms with Crippen molar-refractivity contribution < 1.29 is 19.1 Å². The van der Waals surface area contributed by atoms with Gasteiger partial charge in [-0.25, -0.2) is 0 Å². The Hall–Kier alpha value is -2.39. The lowest BCUT2D eigenvalue weighted by Crippen LogP contribution is -2.69. The van der Waals surface area contributed by atoms with E-state index in [1.54, 1.807) is 24.3 Å². The average Bonchev–Trinajstić information content (AvgIpc) is 3.22. The van der Waals surface area contributed by atoms with Crippen LogP contribution in [0.3, 0.4) is 0 Å². The minimum atomic E-state index is -0.671. The number of carbonyl (C=O) groups is 2. The highest BCUT2D eigenvalue weighted by Gasteiger charge is 2.54. The molecular weight excluding hydrogens is 498 g/mol. The monoisotopic (exact) mass is 523 g/mol. The molecule has 6 rings (SSSR count). The van der Waals surface area contributed by atoms with Gasteiger partial charge in [-0.05, 0) is 43.7 Å². The second-order valence-corrected chi connectivity index (χ2v) is 10.7. The molecule has 0 spiro atoms. The van der Waals surface area contributed by atoms with E-state index in [4.69, 9.17) is 14.5 Å². The summed E-state index contributed by atoms with van der Waals surface area (Å²) in [4.78, 5) is 34.7. The molecule has 4 aliphatic rings. The Balaban J connectivity index is 1.33. The van der Waals surface area contributed by atoms with Crippen LogP contribution in [-0.4, -0.2) is 77.5 Å². The van der Waals surface area contributed by atoms with E-state index < -0.39 is 5.79 Å². The lowest BCUT2D eigenvalue weighted by Gasteiger charge is -2.57. The molecule has 176 valence electrons. The lowest BCUT2D eigenvalue weighted by atomic mass is 9.74. The summed E-state index contributed by atoms with van der Waals surface area (Å²) in [5, 5.41) is 0. The number of hydrogen-bond acceptors (Lipinski definition) is 6. The highest BCUT2D eigenvalue weighted by molar-refractivity contribution is 9.10. The van der Waals surface area contributed by atoms with Crippen molar-refractivity contribution in [2.75, 3.05) is 19.6 Å². The van der Waals surface area contributed by atoms with Crippen molar-refractivity contribution in [3.63, 3.8) is 0 Å². The summed E-state index contributed by atoms with van der Waals surface area (Å²) >= 11 is 3.52. The highest BCUT2D eigenvalue weighted by Crippen LogP contribution is 2.44. The topological polar surface area (TPSA) is 71.4 Å². The number of amides is 2. The molecule has 2 aromatic carbocycles. The molecule has 0 aliphatic carbocycles. The van der Waals surface area contributed by atoms with Gasteiger partial charge in [0, 0.05) is 41.8 Å². The number of fused-ring (bicyclic) bond motifs is 3. The smallest absolute Gasteiger partial charge is 0.261 e. The Kier molecular flexibility index (Phi) is 5.26. The molecule has 2 saturated heterocycles. The summed E-state index contributed by atoms with van der Waals surface area (Å²) in [7, 11) is 0. The van der Waals surface area contributed by atoms with Gasteiger partial charge in [-0.2, -0.15) is 0 Å². The summed E-state index contributed by atoms with van der Waals surface area (Å²) in [6.45, 7) is 5.45. The molecule has 0 unspecified atom stereocenters. The lowest BCUT2D eigenvalue weighted by molar-refractivity contribution is -0.148. The molecule has 0 aromatic heterocycles. The Morgan fingerprint density at radius 2 is 1.71 bits per heavy atom. The molecule has 4 heterocycles. The number of rotatable bonds is 3. The average molecular weight is 524 g/mol. The molecule has 2 amide bonds. The third-order valence-corrected chi connectivity index (χ3v) is 7.87. The van der Waals surface area contributed by atoms with E-state index >= 15 is 0 Å². The SMILES string of the molecule is CC1(C)O[C@H]2CN3[C@H](CN4C(=O)c5ccccc5C4=O)[C@H](c4ccc(Br)cc4)[C@@H]3CN=C[C@H]2O1. The zero-order valence-corrected chi connectivity index (χ0v) is 20.6. The Morgan fingerprint density at radius 3 is 2.38 bits per heavy atom. The van der Waals surface area contributed by atoms with E-state index in [1.165, 1.54) is 10.5 Å².